The zero-order valence-corrected chi connectivity index (χ0v) is 10.2. The largest absolute Gasteiger partial charge is 0.302 e. The van der Waals surface area contributed by atoms with E-state index in [0.717, 1.165) is 19.4 Å². The van der Waals surface area contributed by atoms with Crippen LogP contribution >= 0.6 is 0 Å². The van der Waals surface area contributed by atoms with Gasteiger partial charge in [-0.15, -0.1) is 0 Å². The first-order valence-corrected chi connectivity index (χ1v) is 7.18. The van der Waals surface area contributed by atoms with Gasteiger partial charge in [-0.2, -0.15) is 0 Å². The van der Waals surface area contributed by atoms with Crippen molar-refractivity contribution in [1.82, 2.24) is 9.79 Å². The van der Waals surface area contributed by atoms with Crippen molar-refractivity contribution in [3.05, 3.63) is 0 Å². The summed E-state index contributed by atoms with van der Waals surface area (Å²) in [5, 5.41) is 0. The van der Waals surface area contributed by atoms with Crippen molar-refractivity contribution < 1.29 is 13.3 Å². The van der Waals surface area contributed by atoms with E-state index in [1.165, 1.54) is 6.26 Å². The molecule has 1 atom stereocenters. The highest BCUT2D eigenvalue weighted by Gasteiger charge is 2.25. The first-order chi connectivity index (χ1) is 7.04. The Kier molecular flexibility index (Phi) is 4.98. The summed E-state index contributed by atoms with van der Waals surface area (Å²) in [5.41, 5.74) is 2.86. The van der Waals surface area contributed by atoms with E-state index >= 15 is 0 Å². The summed E-state index contributed by atoms with van der Waals surface area (Å²) in [4.78, 5) is 5.04. The molecule has 15 heavy (non-hydrogen) atoms. The highest BCUT2D eigenvalue weighted by molar-refractivity contribution is 7.88. The molecular formula is C9H20N2O3S. The van der Waals surface area contributed by atoms with E-state index in [1.54, 1.807) is 4.31 Å². The Morgan fingerprint density at radius 1 is 1.53 bits per heavy atom. The Morgan fingerprint density at radius 2 is 2.27 bits per heavy atom. The number of piperidine rings is 1. The predicted molar refractivity (Wildman–Crippen MR) is 58.8 cm³/mol. The van der Waals surface area contributed by atoms with Crippen molar-refractivity contribution in [2.24, 2.45) is 5.92 Å². The summed E-state index contributed by atoms with van der Waals surface area (Å²) in [6.45, 7) is 4.53. The molecule has 1 rings (SSSR count). The van der Waals surface area contributed by atoms with E-state index in [0.29, 0.717) is 25.6 Å². The number of hydrogen-bond acceptors (Lipinski definition) is 4. The van der Waals surface area contributed by atoms with Gasteiger partial charge >= 0.3 is 0 Å². The highest BCUT2D eigenvalue weighted by atomic mass is 32.2. The maximum absolute atomic E-state index is 11.3. The van der Waals surface area contributed by atoms with Gasteiger partial charge in [0.05, 0.1) is 12.9 Å². The fourth-order valence-corrected chi connectivity index (χ4v) is 2.72. The van der Waals surface area contributed by atoms with Crippen LogP contribution in [0.4, 0.5) is 0 Å². The first-order valence-electron chi connectivity index (χ1n) is 5.33. The smallest absolute Gasteiger partial charge is 0.211 e. The third-order valence-corrected chi connectivity index (χ3v) is 3.84. The van der Waals surface area contributed by atoms with Crippen LogP contribution in [0, 0.1) is 5.92 Å². The highest BCUT2D eigenvalue weighted by Crippen LogP contribution is 2.17. The quantitative estimate of drug-likeness (QED) is 0.547. The molecule has 5 nitrogen and oxygen atoms in total. The van der Waals surface area contributed by atoms with Crippen molar-refractivity contribution in [1.29, 1.82) is 0 Å². The molecule has 0 bridgehead atoms. The molecule has 0 aromatic rings. The molecule has 0 spiro atoms. The molecule has 90 valence electrons. The molecule has 1 fully saturated rings. The summed E-state index contributed by atoms with van der Waals surface area (Å²) >= 11 is 0. The van der Waals surface area contributed by atoms with Gasteiger partial charge in [0.1, 0.15) is 0 Å². The predicted octanol–water partition coefficient (Wildman–Crippen LogP) is 0.199. The first kappa shape index (κ1) is 12.9. The number of nitrogens with one attached hydrogen (secondary N) is 1. The average Bonchev–Trinajstić information content (AvgIpc) is 2.17. The van der Waals surface area contributed by atoms with Gasteiger partial charge in [0.25, 0.3) is 0 Å². The fraction of sp³-hybridized carbons (Fsp3) is 1.00. The van der Waals surface area contributed by atoms with Crippen LogP contribution < -0.4 is 5.48 Å². The summed E-state index contributed by atoms with van der Waals surface area (Å²) in [5.74, 6) is 0.361. The zero-order valence-electron chi connectivity index (χ0n) is 9.40. The summed E-state index contributed by atoms with van der Waals surface area (Å²) < 4.78 is 24.2. The molecule has 1 saturated heterocycles. The number of hydroxylamine groups is 1. The molecule has 0 radical (unpaired) electrons. The van der Waals surface area contributed by atoms with Crippen LogP contribution in [0.3, 0.4) is 0 Å². The van der Waals surface area contributed by atoms with Crippen LogP contribution in [0.15, 0.2) is 0 Å². The zero-order chi connectivity index (χ0) is 11.3. The third kappa shape index (κ3) is 4.46. The topological polar surface area (TPSA) is 58.6 Å². The number of nitrogens with zero attached hydrogens (tertiary/aromatic N) is 1. The molecule has 1 aliphatic rings. The average molecular weight is 236 g/mol. The van der Waals surface area contributed by atoms with Crippen LogP contribution in [0.1, 0.15) is 19.8 Å². The molecule has 0 aliphatic carbocycles. The number of hydrogen-bond donors (Lipinski definition) is 1. The maximum Gasteiger partial charge on any atom is 0.211 e. The standard InChI is InChI=1S/C9H20N2O3S/c1-3-14-10-7-9-5-4-6-11(8-9)15(2,12)13/h9-10H,3-8H2,1-2H3. The van der Waals surface area contributed by atoms with Crippen LogP contribution in [0.25, 0.3) is 0 Å². The second kappa shape index (κ2) is 5.79. The van der Waals surface area contributed by atoms with Gasteiger partial charge in [0.2, 0.25) is 10.0 Å². The molecule has 6 heteroatoms. The minimum Gasteiger partial charge on any atom is -0.302 e. The SMILES string of the molecule is CCONCC1CCCN(S(C)(=O)=O)C1. The summed E-state index contributed by atoms with van der Waals surface area (Å²) in [6, 6.07) is 0. The Labute approximate surface area is 91.8 Å². The minimum atomic E-state index is -3.02. The van der Waals surface area contributed by atoms with Crippen molar-refractivity contribution >= 4 is 10.0 Å². The van der Waals surface area contributed by atoms with Crippen LogP contribution in [0.2, 0.25) is 0 Å². The van der Waals surface area contributed by atoms with E-state index in [1.807, 2.05) is 6.92 Å². The number of rotatable bonds is 5. The lowest BCUT2D eigenvalue weighted by Gasteiger charge is -2.30. The summed E-state index contributed by atoms with van der Waals surface area (Å²) in [6.07, 6.45) is 3.27. The van der Waals surface area contributed by atoms with Crippen molar-refractivity contribution in [2.75, 3.05) is 32.5 Å². The van der Waals surface area contributed by atoms with Gasteiger partial charge in [-0.3, -0.25) is 0 Å². The molecule has 1 aliphatic heterocycles. The van der Waals surface area contributed by atoms with E-state index in [-0.39, 0.29) is 0 Å². The van der Waals surface area contributed by atoms with Crippen LogP contribution in [-0.4, -0.2) is 45.2 Å². The van der Waals surface area contributed by atoms with E-state index in [9.17, 15) is 8.42 Å². The van der Waals surface area contributed by atoms with Crippen LogP contribution in [-0.2, 0) is 14.9 Å². The molecule has 0 amide bonds. The Bertz CT molecular complexity index is 279. The van der Waals surface area contributed by atoms with Crippen LogP contribution in [0.5, 0.6) is 0 Å². The Morgan fingerprint density at radius 3 is 2.87 bits per heavy atom. The lowest BCUT2D eigenvalue weighted by atomic mass is 10.0. The number of sulfonamides is 1. The Hall–Kier alpha value is -0.170. The Balaban J connectivity index is 2.36. The van der Waals surface area contributed by atoms with E-state index in [2.05, 4.69) is 5.48 Å². The molecule has 1 unspecified atom stereocenters. The molecule has 1 heterocycles. The van der Waals surface area contributed by atoms with E-state index in [4.69, 9.17) is 4.84 Å². The van der Waals surface area contributed by atoms with Crippen molar-refractivity contribution in [3.63, 3.8) is 0 Å². The normalized spacial score (nSPS) is 24.3. The van der Waals surface area contributed by atoms with Crippen molar-refractivity contribution in [2.45, 2.75) is 19.8 Å². The maximum atomic E-state index is 11.3. The van der Waals surface area contributed by atoms with E-state index < -0.39 is 10.0 Å². The summed E-state index contributed by atoms with van der Waals surface area (Å²) in [7, 11) is -3.02. The fourth-order valence-electron chi connectivity index (χ4n) is 1.77. The van der Waals surface area contributed by atoms with Gasteiger partial charge in [-0.1, -0.05) is 0 Å². The minimum absolute atomic E-state index is 0.361. The van der Waals surface area contributed by atoms with Gasteiger partial charge in [-0.25, -0.2) is 18.2 Å². The van der Waals surface area contributed by atoms with Gasteiger partial charge in [0.15, 0.2) is 0 Å². The molecule has 0 aromatic carbocycles. The lowest BCUT2D eigenvalue weighted by molar-refractivity contribution is 0.0360. The third-order valence-electron chi connectivity index (χ3n) is 2.57. The molecule has 0 saturated carbocycles. The van der Waals surface area contributed by atoms with Gasteiger partial charge in [0, 0.05) is 19.6 Å². The monoisotopic (exact) mass is 236 g/mol. The van der Waals surface area contributed by atoms with Gasteiger partial charge in [-0.05, 0) is 25.7 Å². The molecular weight excluding hydrogens is 216 g/mol. The second-order valence-electron chi connectivity index (χ2n) is 3.91. The van der Waals surface area contributed by atoms with Crippen molar-refractivity contribution in [3.8, 4) is 0 Å². The second-order valence-corrected chi connectivity index (χ2v) is 5.89. The molecule has 0 aromatic heterocycles. The lowest BCUT2D eigenvalue weighted by Crippen LogP contribution is -2.42. The van der Waals surface area contributed by atoms with Gasteiger partial charge < -0.3 is 4.84 Å². The molecule has 1 N–H and O–H groups in total.